The molecule has 0 bridgehead atoms. The number of amides is 1. The summed E-state index contributed by atoms with van der Waals surface area (Å²) in [6, 6.07) is 5.95. The van der Waals surface area contributed by atoms with Crippen molar-refractivity contribution in [1.29, 1.82) is 0 Å². The van der Waals surface area contributed by atoms with E-state index in [4.69, 9.17) is 4.74 Å². The number of para-hydroxylation sites is 1. The van der Waals surface area contributed by atoms with E-state index in [1.54, 1.807) is 18.2 Å². The monoisotopic (exact) mass is 286 g/mol. The van der Waals surface area contributed by atoms with Crippen LogP contribution >= 0.6 is 0 Å². The van der Waals surface area contributed by atoms with Gasteiger partial charge in [0.05, 0.1) is 13.2 Å². The maximum Gasteiger partial charge on any atom is 0.387 e. The zero-order valence-corrected chi connectivity index (χ0v) is 10.8. The van der Waals surface area contributed by atoms with E-state index in [1.165, 1.54) is 6.07 Å². The summed E-state index contributed by atoms with van der Waals surface area (Å²) in [4.78, 5) is 11.9. The summed E-state index contributed by atoms with van der Waals surface area (Å²) < 4.78 is 34.1. The molecule has 0 radical (unpaired) electrons. The molecular formula is C13H16F2N2O3. The molecule has 0 aromatic heterocycles. The van der Waals surface area contributed by atoms with E-state index < -0.39 is 12.7 Å². The second-order valence-electron chi connectivity index (χ2n) is 4.29. The summed E-state index contributed by atoms with van der Waals surface area (Å²) in [6.45, 7) is -1.26. The summed E-state index contributed by atoms with van der Waals surface area (Å²) in [7, 11) is 0. The highest BCUT2D eigenvalue weighted by molar-refractivity contribution is 5.82. The molecule has 5 nitrogen and oxygen atoms in total. The van der Waals surface area contributed by atoms with Crippen LogP contribution in [0.5, 0.6) is 5.75 Å². The van der Waals surface area contributed by atoms with Gasteiger partial charge in [0, 0.05) is 18.7 Å². The average molecular weight is 286 g/mol. The summed E-state index contributed by atoms with van der Waals surface area (Å²) in [5.74, 6) is -0.160. The topological polar surface area (TPSA) is 59.6 Å². The largest absolute Gasteiger partial charge is 0.434 e. The van der Waals surface area contributed by atoms with Gasteiger partial charge in [0.2, 0.25) is 5.91 Å². The van der Waals surface area contributed by atoms with Gasteiger partial charge < -0.3 is 20.1 Å². The third-order valence-electron chi connectivity index (χ3n) is 2.88. The van der Waals surface area contributed by atoms with E-state index in [9.17, 15) is 13.6 Å². The molecule has 0 aliphatic carbocycles. The van der Waals surface area contributed by atoms with Crippen molar-refractivity contribution in [3.63, 3.8) is 0 Å². The van der Waals surface area contributed by atoms with Crippen LogP contribution in [-0.4, -0.2) is 38.3 Å². The highest BCUT2D eigenvalue weighted by Crippen LogP contribution is 2.19. The maximum atomic E-state index is 12.3. The molecule has 1 heterocycles. The van der Waals surface area contributed by atoms with Crippen molar-refractivity contribution < 1.29 is 23.0 Å². The van der Waals surface area contributed by atoms with E-state index in [2.05, 4.69) is 15.4 Å². The fraction of sp³-hybridized carbons (Fsp3) is 0.462. The van der Waals surface area contributed by atoms with Crippen LogP contribution in [0, 0.1) is 0 Å². The number of hydrogen-bond donors (Lipinski definition) is 2. The number of alkyl halides is 2. The number of ether oxygens (including phenoxy) is 2. The zero-order valence-electron chi connectivity index (χ0n) is 10.8. The number of carbonyl (C=O) groups is 1. The van der Waals surface area contributed by atoms with Crippen molar-refractivity contribution in [2.24, 2.45) is 0 Å². The normalized spacial score (nSPS) is 18.9. The van der Waals surface area contributed by atoms with E-state index >= 15 is 0 Å². The Morgan fingerprint density at radius 2 is 2.30 bits per heavy atom. The molecular weight excluding hydrogens is 270 g/mol. The first-order valence-corrected chi connectivity index (χ1v) is 6.28. The summed E-state index contributed by atoms with van der Waals surface area (Å²) in [5.41, 5.74) is 0.498. The van der Waals surface area contributed by atoms with Crippen molar-refractivity contribution in [2.75, 3.05) is 19.8 Å². The summed E-state index contributed by atoms with van der Waals surface area (Å²) in [6.07, 6.45) is 0. The van der Waals surface area contributed by atoms with Gasteiger partial charge in [0.15, 0.2) is 0 Å². The van der Waals surface area contributed by atoms with Gasteiger partial charge in [-0.1, -0.05) is 18.2 Å². The molecule has 1 aromatic carbocycles. The van der Waals surface area contributed by atoms with Gasteiger partial charge in [-0.15, -0.1) is 0 Å². The maximum absolute atomic E-state index is 12.3. The molecule has 1 atom stereocenters. The van der Waals surface area contributed by atoms with E-state index in [0.29, 0.717) is 25.3 Å². The van der Waals surface area contributed by atoms with Gasteiger partial charge in [-0.3, -0.25) is 4.79 Å². The Balaban J connectivity index is 1.91. The highest BCUT2D eigenvalue weighted by atomic mass is 19.3. The number of benzene rings is 1. The van der Waals surface area contributed by atoms with E-state index in [-0.39, 0.29) is 18.2 Å². The average Bonchev–Trinajstić information content (AvgIpc) is 2.46. The summed E-state index contributed by atoms with van der Waals surface area (Å²) >= 11 is 0. The minimum atomic E-state index is -2.89. The number of halogens is 2. The second-order valence-corrected chi connectivity index (χ2v) is 4.29. The fourth-order valence-electron chi connectivity index (χ4n) is 1.90. The van der Waals surface area contributed by atoms with Crippen LogP contribution in [0.3, 0.4) is 0 Å². The quantitative estimate of drug-likeness (QED) is 0.844. The van der Waals surface area contributed by atoms with Crippen LogP contribution in [0.1, 0.15) is 5.56 Å². The first-order valence-electron chi connectivity index (χ1n) is 6.28. The second kappa shape index (κ2) is 7.16. The standard InChI is InChI=1S/C13H16F2N2O3/c14-13(15)20-11-4-2-1-3-9(11)7-17-12(18)10-8-19-6-5-16-10/h1-4,10,13,16H,5-8H2,(H,17,18). The molecule has 0 saturated carbocycles. The lowest BCUT2D eigenvalue weighted by atomic mass is 10.2. The molecule has 1 amide bonds. The van der Waals surface area contributed by atoms with E-state index in [1.807, 2.05) is 0 Å². The number of carbonyl (C=O) groups excluding carboxylic acids is 1. The zero-order chi connectivity index (χ0) is 14.4. The first-order chi connectivity index (χ1) is 9.66. The van der Waals surface area contributed by atoms with Gasteiger partial charge >= 0.3 is 6.61 Å². The molecule has 0 spiro atoms. The number of rotatable bonds is 5. The Bertz CT molecular complexity index is 451. The van der Waals surface area contributed by atoms with Crippen molar-refractivity contribution in [2.45, 2.75) is 19.2 Å². The Hall–Kier alpha value is -1.73. The Kier molecular flexibility index (Phi) is 5.25. The molecule has 1 aliphatic heterocycles. The Labute approximate surface area is 115 Å². The third-order valence-corrected chi connectivity index (χ3v) is 2.88. The molecule has 7 heteroatoms. The van der Waals surface area contributed by atoms with Gasteiger partial charge in [0.25, 0.3) is 0 Å². The molecule has 1 fully saturated rings. The molecule has 110 valence electrons. The van der Waals surface area contributed by atoms with Crippen LogP contribution in [-0.2, 0) is 16.1 Å². The van der Waals surface area contributed by atoms with Gasteiger partial charge in [-0.2, -0.15) is 8.78 Å². The lowest BCUT2D eigenvalue weighted by Crippen LogP contribution is -2.51. The van der Waals surface area contributed by atoms with Gasteiger partial charge in [-0.25, -0.2) is 0 Å². The predicted molar refractivity (Wildman–Crippen MR) is 67.5 cm³/mol. The molecule has 1 aromatic rings. The number of nitrogens with one attached hydrogen (secondary N) is 2. The van der Waals surface area contributed by atoms with Crippen LogP contribution in [0.2, 0.25) is 0 Å². The van der Waals surface area contributed by atoms with Crippen LogP contribution in [0.4, 0.5) is 8.78 Å². The lowest BCUT2D eigenvalue weighted by molar-refractivity contribution is -0.126. The van der Waals surface area contributed by atoms with Gasteiger partial charge in [0.1, 0.15) is 11.8 Å². The smallest absolute Gasteiger partial charge is 0.387 e. The molecule has 20 heavy (non-hydrogen) atoms. The van der Waals surface area contributed by atoms with E-state index in [0.717, 1.165) is 0 Å². The molecule has 1 unspecified atom stereocenters. The molecule has 2 N–H and O–H groups in total. The van der Waals surface area contributed by atoms with Crippen LogP contribution < -0.4 is 15.4 Å². The molecule has 1 aliphatic rings. The number of morpholine rings is 1. The van der Waals surface area contributed by atoms with Gasteiger partial charge in [-0.05, 0) is 6.07 Å². The minimum Gasteiger partial charge on any atom is -0.434 e. The van der Waals surface area contributed by atoms with Crippen molar-refractivity contribution in [3.8, 4) is 5.75 Å². The van der Waals surface area contributed by atoms with Crippen LogP contribution in [0.15, 0.2) is 24.3 Å². The lowest BCUT2D eigenvalue weighted by Gasteiger charge is -2.23. The molecule has 2 rings (SSSR count). The summed E-state index contributed by atoms with van der Waals surface area (Å²) in [5, 5.41) is 5.69. The SMILES string of the molecule is O=C(NCc1ccccc1OC(F)F)C1COCCN1. The highest BCUT2D eigenvalue weighted by Gasteiger charge is 2.21. The van der Waals surface area contributed by atoms with Crippen LogP contribution in [0.25, 0.3) is 0 Å². The molecule has 1 saturated heterocycles. The van der Waals surface area contributed by atoms with Crippen molar-refractivity contribution in [3.05, 3.63) is 29.8 Å². The number of hydrogen-bond acceptors (Lipinski definition) is 4. The Morgan fingerprint density at radius 3 is 3.00 bits per heavy atom. The first kappa shape index (κ1) is 14.7. The fourth-order valence-corrected chi connectivity index (χ4v) is 1.90. The Morgan fingerprint density at radius 1 is 1.50 bits per heavy atom. The minimum absolute atomic E-state index is 0.0654. The van der Waals surface area contributed by atoms with Crippen molar-refractivity contribution in [1.82, 2.24) is 10.6 Å². The van der Waals surface area contributed by atoms with Crippen molar-refractivity contribution >= 4 is 5.91 Å². The predicted octanol–water partition coefficient (Wildman–Crippen LogP) is 0.893. The third kappa shape index (κ3) is 4.14.